The lowest BCUT2D eigenvalue weighted by Gasteiger charge is -2.17. The van der Waals surface area contributed by atoms with Crippen molar-refractivity contribution in [1.82, 2.24) is 19.7 Å². The fourth-order valence-electron chi connectivity index (χ4n) is 1.33. The molecule has 0 aliphatic carbocycles. The fourth-order valence-corrected chi connectivity index (χ4v) is 1.47. The zero-order chi connectivity index (χ0) is 12.6. The van der Waals surface area contributed by atoms with Crippen LogP contribution in [0.3, 0.4) is 0 Å². The molecule has 0 fully saturated rings. The van der Waals surface area contributed by atoms with E-state index < -0.39 is 0 Å². The average molecular weight is 252 g/mol. The minimum Gasteiger partial charge on any atom is -0.384 e. The predicted molar refractivity (Wildman–Crippen MR) is 67.3 cm³/mol. The van der Waals surface area contributed by atoms with Crippen LogP contribution in [-0.2, 0) is 5.41 Å². The summed E-state index contributed by atoms with van der Waals surface area (Å²) < 4.78 is 1.58. The Hall–Kier alpha value is -1.62. The first kappa shape index (κ1) is 11.9. The minimum atomic E-state index is -0.166. The largest absolute Gasteiger partial charge is 0.384 e. The highest BCUT2D eigenvalue weighted by atomic mass is 35.5. The molecule has 0 radical (unpaired) electrons. The molecule has 0 saturated carbocycles. The average Bonchev–Trinajstić information content (AvgIpc) is 2.62. The predicted octanol–water partition coefficient (Wildman–Crippen LogP) is 2.20. The number of nitrogen functional groups attached to an aromatic ring is 1. The summed E-state index contributed by atoms with van der Waals surface area (Å²) in [7, 11) is 0. The Labute approximate surface area is 105 Å². The summed E-state index contributed by atoms with van der Waals surface area (Å²) in [5, 5.41) is 4.64. The van der Waals surface area contributed by atoms with E-state index in [2.05, 4.69) is 15.1 Å². The zero-order valence-corrected chi connectivity index (χ0v) is 10.7. The van der Waals surface area contributed by atoms with Gasteiger partial charge in [0.1, 0.15) is 11.6 Å². The van der Waals surface area contributed by atoms with E-state index in [9.17, 15) is 0 Å². The molecule has 0 aliphatic rings. The van der Waals surface area contributed by atoms with Gasteiger partial charge in [0.25, 0.3) is 0 Å². The number of hydrogen-bond acceptors (Lipinski definition) is 4. The molecule has 2 heterocycles. The third kappa shape index (κ3) is 2.55. The molecular formula is C11H14ClN5. The van der Waals surface area contributed by atoms with Gasteiger partial charge in [-0.1, -0.05) is 32.4 Å². The van der Waals surface area contributed by atoms with Crippen LogP contribution in [0.15, 0.2) is 18.5 Å². The van der Waals surface area contributed by atoms with E-state index in [4.69, 9.17) is 17.3 Å². The maximum atomic E-state index is 5.82. The summed E-state index contributed by atoms with van der Waals surface area (Å²) in [5.41, 5.74) is 5.61. The van der Waals surface area contributed by atoms with Gasteiger partial charge < -0.3 is 5.73 Å². The van der Waals surface area contributed by atoms with Crippen molar-refractivity contribution in [3.05, 3.63) is 29.3 Å². The third-order valence-corrected chi connectivity index (χ3v) is 2.38. The van der Waals surface area contributed by atoms with Crippen LogP contribution in [0.2, 0.25) is 5.02 Å². The van der Waals surface area contributed by atoms with Crippen LogP contribution < -0.4 is 5.73 Å². The molecule has 0 atom stereocenters. The Bertz CT molecular complexity index is 541. The molecule has 0 spiro atoms. The van der Waals surface area contributed by atoms with Gasteiger partial charge in [-0.3, -0.25) is 0 Å². The Kier molecular flexibility index (Phi) is 2.79. The first-order valence-electron chi connectivity index (χ1n) is 5.22. The van der Waals surface area contributed by atoms with Gasteiger partial charge >= 0.3 is 0 Å². The van der Waals surface area contributed by atoms with Crippen molar-refractivity contribution < 1.29 is 0 Å². The molecule has 2 N–H and O–H groups in total. The molecule has 6 heteroatoms. The summed E-state index contributed by atoms with van der Waals surface area (Å²) in [5.74, 6) is 1.72. The number of aromatic nitrogens is 4. The van der Waals surface area contributed by atoms with Crippen LogP contribution in [0.1, 0.15) is 26.6 Å². The number of nitrogens with two attached hydrogens (primary N) is 1. The van der Waals surface area contributed by atoms with Crippen molar-refractivity contribution in [3.63, 3.8) is 0 Å². The first-order valence-corrected chi connectivity index (χ1v) is 5.59. The molecule has 0 unspecified atom stereocenters. The molecular weight excluding hydrogens is 238 g/mol. The van der Waals surface area contributed by atoms with E-state index in [1.54, 1.807) is 23.1 Å². The van der Waals surface area contributed by atoms with Crippen LogP contribution in [-0.4, -0.2) is 19.7 Å². The summed E-state index contributed by atoms with van der Waals surface area (Å²) >= 11 is 5.82. The van der Waals surface area contributed by atoms with Crippen LogP contribution in [0, 0.1) is 0 Å². The van der Waals surface area contributed by atoms with Gasteiger partial charge in [-0.05, 0) is 0 Å². The second-order valence-electron chi connectivity index (χ2n) is 4.83. The molecule has 17 heavy (non-hydrogen) atoms. The molecule has 2 aromatic rings. The smallest absolute Gasteiger partial charge is 0.159 e. The summed E-state index contributed by atoms with van der Waals surface area (Å²) in [6.07, 6.45) is 3.23. The molecule has 90 valence electrons. The van der Waals surface area contributed by atoms with Gasteiger partial charge in [-0.25, -0.2) is 14.6 Å². The Morgan fingerprint density at radius 2 is 2.00 bits per heavy atom. The fraction of sp³-hybridized carbons (Fsp3) is 0.364. The molecule has 0 amide bonds. The molecule has 0 bridgehead atoms. The number of nitrogens with zero attached hydrogens (tertiary/aromatic N) is 4. The van der Waals surface area contributed by atoms with E-state index in [0.29, 0.717) is 22.5 Å². The highest BCUT2D eigenvalue weighted by Gasteiger charge is 2.19. The van der Waals surface area contributed by atoms with Gasteiger partial charge in [0.05, 0.1) is 17.4 Å². The lowest BCUT2D eigenvalue weighted by Crippen LogP contribution is -2.18. The SMILES string of the molecule is CC(C)(C)c1nc(N)cc(-n2cc(Cl)cn2)n1. The topological polar surface area (TPSA) is 69.6 Å². The van der Waals surface area contributed by atoms with E-state index in [-0.39, 0.29) is 5.41 Å². The van der Waals surface area contributed by atoms with Crippen LogP contribution in [0.4, 0.5) is 5.82 Å². The van der Waals surface area contributed by atoms with Crippen molar-refractivity contribution in [2.24, 2.45) is 0 Å². The van der Waals surface area contributed by atoms with Gasteiger partial charge in [-0.15, -0.1) is 0 Å². The van der Waals surface area contributed by atoms with Crippen molar-refractivity contribution >= 4 is 17.4 Å². The minimum absolute atomic E-state index is 0.166. The highest BCUT2D eigenvalue weighted by molar-refractivity contribution is 6.30. The number of anilines is 1. The van der Waals surface area contributed by atoms with E-state index in [0.717, 1.165) is 0 Å². The lowest BCUT2D eigenvalue weighted by atomic mass is 9.96. The van der Waals surface area contributed by atoms with Crippen LogP contribution in [0.5, 0.6) is 0 Å². The third-order valence-electron chi connectivity index (χ3n) is 2.19. The van der Waals surface area contributed by atoms with Gasteiger partial charge in [0.2, 0.25) is 0 Å². The lowest BCUT2D eigenvalue weighted by molar-refractivity contribution is 0.543. The number of hydrogen-bond donors (Lipinski definition) is 1. The zero-order valence-electron chi connectivity index (χ0n) is 9.98. The quantitative estimate of drug-likeness (QED) is 0.844. The van der Waals surface area contributed by atoms with Crippen LogP contribution in [0.25, 0.3) is 5.82 Å². The molecule has 5 nitrogen and oxygen atoms in total. The Morgan fingerprint density at radius 3 is 2.53 bits per heavy atom. The van der Waals surface area contributed by atoms with Gasteiger partial charge in [-0.2, -0.15) is 5.10 Å². The summed E-state index contributed by atoms with van der Waals surface area (Å²) in [4.78, 5) is 8.67. The molecule has 2 aromatic heterocycles. The molecule has 0 saturated heterocycles. The first-order chi connectivity index (χ1) is 7.86. The summed E-state index contributed by atoms with van der Waals surface area (Å²) in [6, 6.07) is 1.67. The van der Waals surface area contributed by atoms with Crippen molar-refractivity contribution in [3.8, 4) is 5.82 Å². The standard InChI is InChI=1S/C11H14ClN5/c1-11(2,3)10-15-8(13)4-9(16-10)17-6-7(12)5-14-17/h4-6H,1-3H3,(H2,13,15,16). The second-order valence-corrected chi connectivity index (χ2v) is 5.26. The summed E-state index contributed by atoms with van der Waals surface area (Å²) in [6.45, 7) is 6.09. The normalized spacial score (nSPS) is 11.8. The number of halogens is 1. The van der Waals surface area contributed by atoms with Crippen LogP contribution >= 0.6 is 11.6 Å². The number of rotatable bonds is 1. The van der Waals surface area contributed by atoms with E-state index in [1.807, 2.05) is 20.8 Å². The van der Waals surface area contributed by atoms with E-state index >= 15 is 0 Å². The van der Waals surface area contributed by atoms with Crippen molar-refractivity contribution in [2.45, 2.75) is 26.2 Å². The Morgan fingerprint density at radius 1 is 1.29 bits per heavy atom. The van der Waals surface area contributed by atoms with Crippen molar-refractivity contribution in [1.29, 1.82) is 0 Å². The monoisotopic (exact) mass is 251 g/mol. The molecule has 0 aromatic carbocycles. The van der Waals surface area contributed by atoms with Crippen molar-refractivity contribution in [2.75, 3.05) is 5.73 Å². The van der Waals surface area contributed by atoms with E-state index in [1.165, 1.54) is 0 Å². The maximum Gasteiger partial charge on any atom is 0.159 e. The van der Waals surface area contributed by atoms with Gasteiger partial charge in [0.15, 0.2) is 5.82 Å². The highest BCUT2D eigenvalue weighted by Crippen LogP contribution is 2.21. The maximum absolute atomic E-state index is 5.82. The molecule has 0 aliphatic heterocycles. The second kappa shape index (κ2) is 4.00. The molecule has 2 rings (SSSR count). The van der Waals surface area contributed by atoms with Gasteiger partial charge in [0, 0.05) is 11.5 Å². The Balaban J connectivity index is 2.52.